The van der Waals surface area contributed by atoms with Crippen molar-refractivity contribution in [2.45, 2.75) is 33.1 Å². The Morgan fingerprint density at radius 1 is 1.29 bits per heavy atom. The highest BCUT2D eigenvalue weighted by Crippen LogP contribution is 2.29. The van der Waals surface area contributed by atoms with Gasteiger partial charge in [0.05, 0.1) is 11.7 Å². The number of rotatable bonds is 3. The van der Waals surface area contributed by atoms with E-state index >= 15 is 0 Å². The van der Waals surface area contributed by atoms with Crippen LogP contribution in [0.2, 0.25) is 0 Å². The van der Waals surface area contributed by atoms with Gasteiger partial charge in [-0.1, -0.05) is 6.07 Å². The number of carbonyl (C=O) groups excluding carboxylic acids is 1. The standard InChI is InChI=1S/C12H13F3O2/c1-7(2)17-10-6-8(3)4-5-9(10)11(16)12(13,14)15/h4-7H,1-3H3. The van der Waals surface area contributed by atoms with E-state index in [1.54, 1.807) is 20.8 Å². The van der Waals surface area contributed by atoms with E-state index in [9.17, 15) is 18.0 Å². The fraction of sp³-hybridized carbons (Fsp3) is 0.417. The Bertz CT molecular complexity index is 422. The van der Waals surface area contributed by atoms with Crippen molar-refractivity contribution in [1.82, 2.24) is 0 Å². The molecule has 1 aromatic carbocycles. The van der Waals surface area contributed by atoms with Crippen LogP contribution in [0.1, 0.15) is 29.8 Å². The van der Waals surface area contributed by atoms with Crippen LogP contribution in [0.15, 0.2) is 18.2 Å². The Morgan fingerprint density at radius 3 is 2.35 bits per heavy atom. The van der Waals surface area contributed by atoms with Gasteiger partial charge >= 0.3 is 6.18 Å². The average molecular weight is 246 g/mol. The van der Waals surface area contributed by atoms with E-state index in [-0.39, 0.29) is 11.9 Å². The minimum absolute atomic E-state index is 0.0256. The third-order valence-electron chi connectivity index (χ3n) is 2.00. The van der Waals surface area contributed by atoms with Gasteiger partial charge in [0, 0.05) is 0 Å². The Kier molecular flexibility index (Phi) is 3.80. The number of ketones is 1. The van der Waals surface area contributed by atoms with E-state index in [0.29, 0.717) is 0 Å². The van der Waals surface area contributed by atoms with E-state index in [2.05, 4.69) is 0 Å². The number of hydrogen-bond acceptors (Lipinski definition) is 2. The van der Waals surface area contributed by atoms with Crippen LogP contribution < -0.4 is 4.74 Å². The monoisotopic (exact) mass is 246 g/mol. The van der Waals surface area contributed by atoms with Crippen molar-refractivity contribution in [3.8, 4) is 5.75 Å². The molecular formula is C12H13F3O2. The summed E-state index contributed by atoms with van der Waals surface area (Å²) in [5.41, 5.74) is 0.288. The topological polar surface area (TPSA) is 26.3 Å². The molecule has 94 valence electrons. The average Bonchev–Trinajstić information content (AvgIpc) is 2.14. The molecule has 0 saturated heterocycles. The molecule has 2 nitrogen and oxygen atoms in total. The molecule has 0 aliphatic rings. The highest BCUT2D eigenvalue weighted by atomic mass is 19.4. The van der Waals surface area contributed by atoms with Crippen molar-refractivity contribution >= 4 is 5.78 Å². The van der Waals surface area contributed by atoms with Gasteiger partial charge in [-0.3, -0.25) is 4.79 Å². The second-order valence-corrected chi connectivity index (χ2v) is 3.99. The number of alkyl halides is 3. The van der Waals surface area contributed by atoms with Gasteiger partial charge in [0.25, 0.3) is 5.78 Å². The lowest BCUT2D eigenvalue weighted by Gasteiger charge is -2.15. The summed E-state index contributed by atoms with van der Waals surface area (Å²) in [4.78, 5) is 11.2. The summed E-state index contributed by atoms with van der Waals surface area (Å²) in [7, 11) is 0. The fourth-order valence-electron chi connectivity index (χ4n) is 1.32. The number of benzene rings is 1. The van der Waals surface area contributed by atoms with Crippen LogP contribution in [0, 0.1) is 6.92 Å². The molecule has 0 atom stereocenters. The lowest BCUT2D eigenvalue weighted by Crippen LogP contribution is -2.24. The van der Waals surface area contributed by atoms with Gasteiger partial charge < -0.3 is 4.74 Å². The molecule has 0 aliphatic carbocycles. The molecular weight excluding hydrogens is 233 g/mol. The van der Waals surface area contributed by atoms with Crippen LogP contribution in [-0.2, 0) is 0 Å². The maximum Gasteiger partial charge on any atom is 0.455 e. The Labute approximate surface area is 97.4 Å². The maximum absolute atomic E-state index is 12.3. The van der Waals surface area contributed by atoms with Crippen LogP contribution >= 0.6 is 0 Å². The van der Waals surface area contributed by atoms with Crippen LogP contribution in [0.25, 0.3) is 0 Å². The van der Waals surface area contributed by atoms with E-state index in [0.717, 1.165) is 11.6 Å². The van der Waals surface area contributed by atoms with Crippen LogP contribution in [-0.4, -0.2) is 18.1 Å². The number of hydrogen-bond donors (Lipinski definition) is 0. The minimum atomic E-state index is -4.88. The first-order chi connectivity index (χ1) is 7.71. The van der Waals surface area contributed by atoms with Crippen LogP contribution in [0.4, 0.5) is 13.2 Å². The largest absolute Gasteiger partial charge is 0.490 e. The van der Waals surface area contributed by atoms with Crippen molar-refractivity contribution < 1.29 is 22.7 Å². The molecule has 0 saturated carbocycles. The quantitative estimate of drug-likeness (QED) is 0.762. The smallest absolute Gasteiger partial charge is 0.455 e. The molecule has 0 unspecified atom stereocenters. The lowest BCUT2D eigenvalue weighted by atomic mass is 10.1. The van der Waals surface area contributed by atoms with Gasteiger partial charge in [0.1, 0.15) is 5.75 Å². The maximum atomic E-state index is 12.3. The van der Waals surface area contributed by atoms with E-state index in [1.165, 1.54) is 12.1 Å². The molecule has 0 spiro atoms. The van der Waals surface area contributed by atoms with Crippen LogP contribution in [0.5, 0.6) is 5.75 Å². The van der Waals surface area contributed by atoms with Crippen molar-refractivity contribution in [3.63, 3.8) is 0 Å². The molecule has 0 N–H and O–H groups in total. The fourth-order valence-corrected chi connectivity index (χ4v) is 1.32. The van der Waals surface area contributed by atoms with Crippen molar-refractivity contribution in [2.24, 2.45) is 0 Å². The molecule has 0 aromatic heterocycles. The summed E-state index contributed by atoms with van der Waals surface area (Å²) < 4.78 is 42.3. The number of ether oxygens (including phenoxy) is 1. The zero-order valence-electron chi connectivity index (χ0n) is 9.76. The zero-order valence-corrected chi connectivity index (χ0v) is 9.76. The number of aryl methyl sites for hydroxylation is 1. The highest BCUT2D eigenvalue weighted by molar-refractivity contribution is 6.02. The summed E-state index contributed by atoms with van der Waals surface area (Å²) in [6, 6.07) is 4.02. The molecule has 0 fully saturated rings. The second-order valence-electron chi connectivity index (χ2n) is 3.99. The Balaban J connectivity index is 3.19. The Hall–Kier alpha value is -1.52. The summed E-state index contributed by atoms with van der Waals surface area (Å²) in [6.07, 6.45) is -5.18. The molecule has 0 amide bonds. The van der Waals surface area contributed by atoms with Crippen molar-refractivity contribution in [1.29, 1.82) is 0 Å². The first-order valence-electron chi connectivity index (χ1n) is 5.10. The highest BCUT2D eigenvalue weighted by Gasteiger charge is 2.40. The summed E-state index contributed by atoms with van der Waals surface area (Å²) in [5.74, 6) is -1.91. The van der Waals surface area contributed by atoms with E-state index in [1.807, 2.05) is 0 Å². The van der Waals surface area contributed by atoms with E-state index in [4.69, 9.17) is 4.74 Å². The van der Waals surface area contributed by atoms with Crippen molar-refractivity contribution in [3.05, 3.63) is 29.3 Å². The van der Waals surface area contributed by atoms with Crippen LogP contribution in [0.3, 0.4) is 0 Å². The first-order valence-corrected chi connectivity index (χ1v) is 5.10. The number of carbonyl (C=O) groups is 1. The predicted molar refractivity (Wildman–Crippen MR) is 57.3 cm³/mol. The molecule has 0 heterocycles. The zero-order chi connectivity index (χ0) is 13.2. The predicted octanol–water partition coefficient (Wildman–Crippen LogP) is 3.53. The SMILES string of the molecule is Cc1ccc(C(=O)C(F)(F)F)c(OC(C)C)c1. The Morgan fingerprint density at radius 2 is 1.88 bits per heavy atom. The number of halogens is 3. The second kappa shape index (κ2) is 4.77. The van der Waals surface area contributed by atoms with Gasteiger partial charge in [0.15, 0.2) is 0 Å². The first kappa shape index (κ1) is 13.5. The molecule has 0 radical (unpaired) electrons. The molecule has 5 heteroatoms. The van der Waals surface area contributed by atoms with Crippen molar-refractivity contribution in [2.75, 3.05) is 0 Å². The summed E-state index contributed by atoms with van der Waals surface area (Å²) in [5, 5.41) is 0. The molecule has 0 aliphatic heterocycles. The normalized spacial score (nSPS) is 11.7. The van der Waals surface area contributed by atoms with Gasteiger partial charge in [-0.05, 0) is 38.5 Å². The third-order valence-corrected chi connectivity index (χ3v) is 2.00. The number of Topliss-reactive ketones (excluding diaryl/α,β-unsaturated/α-hetero) is 1. The summed E-state index contributed by atoms with van der Waals surface area (Å²) in [6.45, 7) is 5.09. The van der Waals surface area contributed by atoms with Gasteiger partial charge in [-0.2, -0.15) is 13.2 Å². The molecule has 1 aromatic rings. The molecule has 17 heavy (non-hydrogen) atoms. The minimum Gasteiger partial charge on any atom is -0.490 e. The third kappa shape index (κ3) is 3.47. The van der Waals surface area contributed by atoms with Gasteiger partial charge in [-0.15, -0.1) is 0 Å². The van der Waals surface area contributed by atoms with E-state index < -0.39 is 17.5 Å². The lowest BCUT2D eigenvalue weighted by molar-refractivity contribution is -0.0887. The summed E-state index contributed by atoms with van der Waals surface area (Å²) >= 11 is 0. The van der Waals surface area contributed by atoms with Gasteiger partial charge in [-0.25, -0.2) is 0 Å². The molecule has 0 bridgehead atoms. The molecule has 1 rings (SSSR count). The van der Waals surface area contributed by atoms with Gasteiger partial charge in [0.2, 0.25) is 0 Å².